The van der Waals surface area contributed by atoms with Crippen LogP contribution >= 0.6 is 22.6 Å². The van der Waals surface area contributed by atoms with E-state index in [1.54, 1.807) is 0 Å². The van der Waals surface area contributed by atoms with Gasteiger partial charge in [0.15, 0.2) is 0 Å². The fraction of sp³-hybridized carbons (Fsp3) is 0.250. The minimum atomic E-state index is -2.94. The van der Waals surface area contributed by atoms with E-state index in [2.05, 4.69) is 4.98 Å². The number of carboxylic acid groups (broad SMARTS) is 1. The van der Waals surface area contributed by atoms with Crippen molar-refractivity contribution < 1.29 is 23.1 Å². The lowest BCUT2D eigenvalue weighted by Gasteiger charge is -2.09. The molecule has 0 amide bonds. The van der Waals surface area contributed by atoms with E-state index in [1.165, 1.54) is 22.6 Å². The van der Waals surface area contributed by atoms with E-state index < -0.39 is 35.8 Å². The van der Waals surface area contributed by atoms with Gasteiger partial charge in [-0.1, -0.05) is 0 Å². The number of aromatic nitrogens is 1. The van der Waals surface area contributed by atoms with Crippen molar-refractivity contribution in [2.24, 2.45) is 0 Å². The first kappa shape index (κ1) is 12.2. The first-order chi connectivity index (χ1) is 6.93. The predicted octanol–water partition coefficient (Wildman–Crippen LogP) is 2.39. The summed E-state index contributed by atoms with van der Waals surface area (Å²) in [4.78, 5) is 13.8. The van der Waals surface area contributed by atoms with Crippen molar-refractivity contribution >= 4 is 28.6 Å². The zero-order chi connectivity index (χ0) is 11.6. The smallest absolute Gasteiger partial charge is 0.307 e. The highest BCUT2D eigenvalue weighted by atomic mass is 127. The van der Waals surface area contributed by atoms with Crippen molar-refractivity contribution in [1.82, 2.24) is 4.98 Å². The molecule has 82 valence electrons. The standard InChI is InChI=1S/C8H5F3INO2/c9-4-2-13-8(12)6(7(10)11)3(4)1-5(14)15/h2,7H,1H2,(H,14,15). The van der Waals surface area contributed by atoms with Crippen molar-refractivity contribution in [3.05, 3.63) is 26.8 Å². The number of hydrogen-bond donors (Lipinski definition) is 1. The second kappa shape index (κ2) is 4.77. The highest BCUT2D eigenvalue weighted by Gasteiger charge is 2.22. The van der Waals surface area contributed by atoms with E-state index >= 15 is 0 Å². The summed E-state index contributed by atoms with van der Waals surface area (Å²) < 4.78 is 38.0. The van der Waals surface area contributed by atoms with Gasteiger partial charge in [0, 0.05) is 5.56 Å². The third-order valence-electron chi connectivity index (χ3n) is 1.67. The molecule has 0 saturated carbocycles. The first-order valence-corrected chi connectivity index (χ1v) is 4.84. The topological polar surface area (TPSA) is 50.2 Å². The third-order valence-corrected chi connectivity index (χ3v) is 2.53. The molecule has 1 N–H and O–H groups in total. The van der Waals surface area contributed by atoms with Crippen LogP contribution in [0.25, 0.3) is 0 Å². The molecular formula is C8H5F3INO2. The normalized spacial score (nSPS) is 10.7. The van der Waals surface area contributed by atoms with Gasteiger partial charge in [-0.3, -0.25) is 4.79 Å². The number of halogens is 4. The fourth-order valence-electron chi connectivity index (χ4n) is 1.07. The molecule has 7 heteroatoms. The molecule has 0 radical (unpaired) electrons. The van der Waals surface area contributed by atoms with Crippen LogP contribution < -0.4 is 0 Å². The second-order valence-corrected chi connectivity index (χ2v) is 3.68. The number of aliphatic carboxylic acids is 1. The van der Waals surface area contributed by atoms with Crippen LogP contribution in [0.1, 0.15) is 17.6 Å². The van der Waals surface area contributed by atoms with E-state index in [-0.39, 0.29) is 3.70 Å². The lowest BCUT2D eigenvalue weighted by molar-refractivity contribution is -0.136. The lowest BCUT2D eigenvalue weighted by Crippen LogP contribution is -2.09. The molecule has 0 spiro atoms. The Bertz CT molecular complexity index is 398. The first-order valence-electron chi connectivity index (χ1n) is 3.76. The van der Waals surface area contributed by atoms with Crippen LogP contribution in [0.3, 0.4) is 0 Å². The maximum atomic E-state index is 13.1. The lowest BCUT2D eigenvalue weighted by atomic mass is 10.1. The molecule has 3 nitrogen and oxygen atoms in total. The molecule has 0 bridgehead atoms. The van der Waals surface area contributed by atoms with Gasteiger partial charge >= 0.3 is 5.97 Å². The molecule has 0 aromatic carbocycles. The molecule has 0 saturated heterocycles. The van der Waals surface area contributed by atoms with Gasteiger partial charge in [0.25, 0.3) is 6.43 Å². The molecule has 1 aromatic rings. The summed E-state index contributed by atoms with van der Waals surface area (Å²) in [6, 6.07) is 0. The van der Waals surface area contributed by atoms with Crippen molar-refractivity contribution in [3.8, 4) is 0 Å². The van der Waals surface area contributed by atoms with E-state index in [4.69, 9.17) is 5.11 Å². The Morgan fingerprint density at radius 3 is 2.67 bits per heavy atom. The maximum absolute atomic E-state index is 13.1. The molecule has 15 heavy (non-hydrogen) atoms. The van der Waals surface area contributed by atoms with E-state index in [9.17, 15) is 18.0 Å². The molecule has 0 atom stereocenters. The van der Waals surface area contributed by atoms with Crippen LogP contribution in [-0.4, -0.2) is 16.1 Å². The van der Waals surface area contributed by atoms with Gasteiger partial charge in [0.05, 0.1) is 18.2 Å². The zero-order valence-electron chi connectivity index (χ0n) is 7.18. The Hall–Kier alpha value is -0.860. The van der Waals surface area contributed by atoms with Crippen molar-refractivity contribution in [3.63, 3.8) is 0 Å². The van der Waals surface area contributed by atoms with Crippen LogP contribution in [0.15, 0.2) is 6.20 Å². The average molecular weight is 331 g/mol. The summed E-state index contributed by atoms with van der Waals surface area (Å²) in [6.45, 7) is 0. The Morgan fingerprint density at radius 2 is 2.20 bits per heavy atom. The van der Waals surface area contributed by atoms with Gasteiger partial charge < -0.3 is 5.11 Å². The second-order valence-electron chi connectivity index (χ2n) is 2.66. The quantitative estimate of drug-likeness (QED) is 0.684. The van der Waals surface area contributed by atoms with Gasteiger partial charge in [-0.05, 0) is 22.6 Å². The Morgan fingerprint density at radius 1 is 1.60 bits per heavy atom. The SMILES string of the molecule is O=C(O)Cc1c(F)cnc(I)c1C(F)F. The molecule has 0 fully saturated rings. The van der Waals surface area contributed by atoms with E-state index in [0.717, 1.165) is 6.20 Å². The van der Waals surface area contributed by atoms with Gasteiger partial charge in [0.1, 0.15) is 9.52 Å². The highest BCUT2D eigenvalue weighted by molar-refractivity contribution is 14.1. The van der Waals surface area contributed by atoms with Gasteiger partial charge in [0.2, 0.25) is 0 Å². The largest absolute Gasteiger partial charge is 0.481 e. The Balaban J connectivity index is 3.31. The third kappa shape index (κ3) is 2.80. The van der Waals surface area contributed by atoms with Gasteiger partial charge in [-0.2, -0.15) is 0 Å². The number of carbonyl (C=O) groups is 1. The van der Waals surface area contributed by atoms with Crippen LogP contribution in [0, 0.1) is 9.52 Å². The molecule has 1 heterocycles. The van der Waals surface area contributed by atoms with Gasteiger partial charge in [-0.25, -0.2) is 18.2 Å². The minimum absolute atomic E-state index is 0.0831. The Kier molecular flexibility index (Phi) is 3.89. The van der Waals surface area contributed by atoms with Crippen LogP contribution in [0.4, 0.5) is 13.2 Å². The predicted molar refractivity (Wildman–Crippen MR) is 53.2 cm³/mol. The Labute approximate surface area is 96.5 Å². The summed E-state index contributed by atoms with van der Waals surface area (Å²) in [6.07, 6.45) is -2.97. The monoisotopic (exact) mass is 331 g/mol. The van der Waals surface area contributed by atoms with Crippen molar-refractivity contribution in [1.29, 1.82) is 0 Å². The summed E-state index contributed by atoms with van der Waals surface area (Å²) in [5.41, 5.74) is -1.14. The van der Waals surface area contributed by atoms with Crippen LogP contribution in [0.2, 0.25) is 0 Å². The summed E-state index contributed by atoms with van der Waals surface area (Å²) in [5.74, 6) is -2.38. The molecule has 0 aliphatic heterocycles. The number of carboxylic acids is 1. The van der Waals surface area contributed by atoms with Gasteiger partial charge in [-0.15, -0.1) is 0 Å². The summed E-state index contributed by atoms with van der Waals surface area (Å²) in [5, 5.41) is 8.45. The molecular weight excluding hydrogens is 326 g/mol. The molecule has 1 aromatic heterocycles. The minimum Gasteiger partial charge on any atom is -0.481 e. The number of pyridine rings is 1. The number of hydrogen-bond acceptors (Lipinski definition) is 2. The van der Waals surface area contributed by atoms with Crippen LogP contribution in [0.5, 0.6) is 0 Å². The molecule has 0 aliphatic rings. The fourth-order valence-corrected chi connectivity index (χ4v) is 1.77. The number of nitrogens with zero attached hydrogens (tertiary/aromatic N) is 1. The van der Waals surface area contributed by atoms with Crippen molar-refractivity contribution in [2.75, 3.05) is 0 Å². The van der Waals surface area contributed by atoms with E-state index in [0.29, 0.717) is 0 Å². The molecule has 0 unspecified atom stereocenters. The molecule has 0 aliphatic carbocycles. The number of alkyl halides is 2. The maximum Gasteiger partial charge on any atom is 0.307 e. The zero-order valence-corrected chi connectivity index (χ0v) is 9.33. The number of rotatable bonds is 3. The molecule has 1 rings (SSSR count). The highest BCUT2D eigenvalue weighted by Crippen LogP contribution is 2.28. The summed E-state index contributed by atoms with van der Waals surface area (Å²) in [7, 11) is 0. The average Bonchev–Trinajstić information content (AvgIpc) is 2.10. The summed E-state index contributed by atoms with van der Waals surface area (Å²) >= 11 is 1.51. The van der Waals surface area contributed by atoms with E-state index in [1.807, 2.05) is 0 Å². The van der Waals surface area contributed by atoms with Crippen LogP contribution in [-0.2, 0) is 11.2 Å². The van der Waals surface area contributed by atoms with Crippen molar-refractivity contribution in [2.45, 2.75) is 12.8 Å².